The Morgan fingerprint density at radius 1 is 0.931 bits per heavy atom. The number of phenols is 1. The first-order valence-electron chi connectivity index (χ1n) is 9.69. The Hall–Kier alpha value is -3.31. The van der Waals surface area contributed by atoms with Gasteiger partial charge in [-0.25, -0.2) is 4.79 Å². The van der Waals surface area contributed by atoms with Gasteiger partial charge in [0, 0.05) is 30.1 Å². The molecule has 0 radical (unpaired) electrons. The number of para-hydroxylation sites is 1. The van der Waals surface area contributed by atoms with E-state index < -0.39 is 0 Å². The van der Waals surface area contributed by atoms with Crippen molar-refractivity contribution in [3.05, 3.63) is 99.8 Å². The molecule has 4 rings (SSSR count). The fourth-order valence-corrected chi connectivity index (χ4v) is 3.54. The minimum atomic E-state index is -0.360. The molecule has 148 valence electrons. The van der Waals surface area contributed by atoms with E-state index in [0.29, 0.717) is 25.2 Å². The van der Waals surface area contributed by atoms with Gasteiger partial charge >= 0.3 is 5.63 Å². The van der Waals surface area contributed by atoms with Crippen molar-refractivity contribution >= 4 is 11.0 Å². The number of hydrogen-bond donors (Lipinski definition) is 1. The summed E-state index contributed by atoms with van der Waals surface area (Å²) in [6, 6.07) is 18.6. The first kappa shape index (κ1) is 19.0. The monoisotopic (exact) mass is 389 g/mol. The number of phenolic OH excluding ortho intramolecular Hbond substituents is 1. The van der Waals surface area contributed by atoms with Gasteiger partial charge in [-0.3, -0.25) is 4.90 Å². The van der Waals surface area contributed by atoms with E-state index in [1.807, 2.05) is 36.4 Å². The van der Waals surface area contributed by atoms with Crippen molar-refractivity contribution in [2.24, 2.45) is 0 Å². The van der Waals surface area contributed by atoms with Crippen molar-refractivity contribution in [1.29, 1.82) is 0 Å². The van der Waals surface area contributed by atoms with Crippen LogP contribution in [0.3, 0.4) is 0 Å². The fraction of sp³-hybridized carbons (Fsp3) is 0.208. The van der Waals surface area contributed by atoms with Crippen LogP contribution in [-0.2, 0) is 26.1 Å². The molecule has 0 aliphatic carbocycles. The molecule has 0 spiro atoms. The zero-order valence-corrected chi connectivity index (χ0v) is 16.3. The van der Waals surface area contributed by atoms with Gasteiger partial charge in [0.1, 0.15) is 17.1 Å². The van der Waals surface area contributed by atoms with Crippen molar-refractivity contribution in [3.63, 3.8) is 0 Å². The van der Waals surface area contributed by atoms with E-state index in [0.717, 1.165) is 34.3 Å². The van der Waals surface area contributed by atoms with Gasteiger partial charge in [0.2, 0.25) is 0 Å². The predicted octanol–water partition coefficient (Wildman–Crippen LogP) is 4.86. The normalized spacial score (nSPS) is 11.4. The van der Waals surface area contributed by atoms with Gasteiger partial charge in [0.05, 0.1) is 12.8 Å². The highest BCUT2D eigenvalue weighted by Crippen LogP contribution is 2.24. The van der Waals surface area contributed by atoms with Crippen LogP contribution < -0.4 is 5.63 Å². The highest BCUT2D eigenvalue weighted by atomic mass is 16.4. The molecule has 0 saturated carbocycles. The van der Waals surface area contributed by atoms with Crippen LogP contribution in [0.2, 0.25) is 0 Å². The highest BCUT2D eigenvalue weighted by Gasteiger charge is 2.15. The minimum Gasteiger partial charge on any atom is -0.508 e. The zero-order valence-electron chi connectivity index (χ0n) is 16.3. The summed E-state index contributed by atoms with van der Waals surface area (Å²) in [7, 11) is 0. The van der Waals surface area contributed by atoms with Crippen LogP contribution in [0.5, 0.6) is 5.75 Å². The molecule has 0 fully saturated rings. The van der Waals surface area contributed by atoms with Crippen LogP contribution in [0.1, 0.15) is 29.4 Å². The first-order chi connectivity index (χ1) is 14.1. The molecule has 1 N–H and O–H groups in total. The SMILES string of the molecule is CCc1ccc2c(CN(Cc3ccco3)Cc3ccccc3O)cc(=O)oc2c1. The quantitative estimate of drug-likeness (QED) is 0.457. The Labute approximate surface area is 168 Å². The van der Waals surface area contributed by atoms with Crippen LogP contribution in [0.4, 0.5) is 0 Å². The molecule has 0 aliphatic rings. The molecule has 0 unspecified atom stereocenters. The maximum absolute atomic E-state index is 12.2. The van der Waals surface area contributed by atoms with Gasteiger partial charge < -0.3 is 13.9 Å². The summed E-state index contributed by atoms with van der Waals surface area (Å²) in [6.45, 7) is 3.65. The molecular formula is C24H23NO4. The molecule has 2 aromatic carbocycles. The largest absolute Gasteiger partial charge is 0.508 e. The molecule has 0 amide bonds. The van der Waals surface area contributed by atoms with Crippen molar-refractivity contribution in [2.45, 2.75) is 33.0 Å². The van der Waals surface area contributed by atoms with Crippen LogP contribution in [0.15, 0.2) is 80.6 Å². The van der Waals surface area contributed by atoms with Gasteiger partial charge in [-0.15, -0.1) is 0 Å². The van der Waals surface area contributed by atoms with Crippen molar-refractivity contribution < 1.29 is 13.9 Å². The molecule has 5 nitrogen and oxygen atoms in total. The van der Waals surface area contributed by atoms with E-state index in [9.17, 15) is 9.90 Å². The molecule has 0 atom stereocenters. The Morgan fingerprint density at radius 3 is 2.52 bits per heavy atom. The molecule has 0 bridgehead atoms. The summed E-state index contributed by atoms with van der Waals surface area (Å²) >= 11 is 0. The van der Waals surface area contributed by atoms with Crippen molar-refractivity contribution in [1.82, 2.24) is 4.90 Å². The lowest BCUT2D eigenvalue weighted by Crippen LogP contribution is -2.23. The zero-order chi connectivity index (χ0) is 20.2. The second-order valence-electron chi connectivity index (χ2n) is 7.13. The van der Waals surface area contributed by atoms with Crippen LogP contribution in [-0.4, -0.2) is 10.0 Å². The minimum absolute atomic E-state index is 0.252. The number of fused-ring (bicyclic) bond motifs is 1. The van der Waals surface area contributed by atoms with Crippen molar-refractivity contribution in [3.8, 4) is 5.75 Å². The van der Waals surface area contributed by atoms with Gasteiger partial charge in [-0.1, -0.05) is 37.3 Å². The molecular weight excluding hydrogens is 366 g/mol. The summed E-state index contributed by atoms with van der Waals surface area (Å²) in [4.78, 5) is 14.3. The predicted molar refractivity (Wildman–Crippen MR) is 112 cm³/mol. The van der Waals surface area contributed by atoms with Gasteiger partial charge in [0.25, 0.3) is 0 Å². The van der Waals surface area contributed by atoms with Crippen molar-refractivity contribution in [2.75, 3.05) is 0 Å². The van der Waals surface area contributed by atoms with E-state index >= 15 is 0 Å². The molecule has 0 aliphatic heterocycles. The third-order valence-electron chi connectivity index (χ3n) is 5.04. The Morgan fingerprint density at radius 2 is 1.76 bits per heavy atom. The van der Waals surface area contributed by atoms with E-state index in [1.54, 1.807) is 24.5 Å². The van der Waals surface area contributed by atoms with Gasteiger partial charge in [-0.2, -0.15) is 0 Å². The average molecular weight is 389 g/mol. The second kappa shape index (κ2) is 8.37. The lowest BCUT2D eigenvalue weighted by molar-refractivity contribution is 0.224. The number of aromatic hydroxyl groups is 1. The van der Waals surface area contributed by atoms with E-state index in [2.05, 4.69) is 17.9 Å². The summed E-state index contributed by atoms with van der Waals surface area (Å²) in [6.07, 6.45) is 2.52. The molecule has 4 aromatic rings. The summed E-state index contributed by atoms with van der Waals surface area (Å²) < 4.78 is 11.0. The topological polar surface area (TPSA) is 66.8 Å². The summed E-state index contributed by atoms with van der Waals surface area (Å²) in [5.74, 6) is 1.07. The molecule has 5 heteroatoms. The third-order valence-corrected chi connectivity index (χ3v) is 5.04. The highest BCUT2D eigenvalue weighted by molar-refractivity contribution is 5.80. The lowest BCUT2D eigenvalue weighted by Gasteiger charge is -2.22. The average Bonchev–Trinajstić information content (AvgIpc) is 3.22. The van der Waals surface area contributed by atoms with Crippen LogP contribution >= 0.6 is 0 Å². The Kier molecular flexibility index (Phi) is 5.49. The number of aryl methyl sites for hydroxylation is 1. The first-order valence-corrected chi connectivity index (χ1v) is 9.69. The van der Waals surface area contributed by atoms with E-state index in [1.165, 1.54) is 0 Å². The standard InChI is InChI=1S/C24H23NO4/c1-2-17-9-10-21-19(13-24(27)29-23(21)12-17)15-25(16-20-7-5-11-28-20)14-18-6-3-4-8-22(18)26/h3-13,26H,2,14-16H2,1H3. The van der Waals surface area contributed by atoms with Gasteiger partial charge in [0.15, 0.2) is 0 Å². The lowest BCUT2D eigenvalue weighted by atomic mass is 10.1. The maximum Gasteiger partial charge on any atom is 0.336 e. The number of rotatable bonds is 7. The van der Waals surface area contributed by atoms with E-state index in [4.69, 9.17) is 8.83 Å². The molecule has 29 heavy (non-hydrogen) atoms. The maximum atomic E-state index is 12.2. The molecule has 2 aromatic heterocycles. The van der Waals surface area contributed by atoms with Crippen LogP contribution in [0.25, 0.3) is 11.0 Å². The molecule has 0 saturated heterocycles. The van der Waals surface area contributed by atoms with Gasteiger partial charge in [-0.05, 0) is 41.8 Å². The second-order valence-corrected chi connectivity index (χ2v) is 7.13. The van der Waals surface area contributed by atoms with Crippen LogP contribution in [0, 0.1) is 0 Å². The smallest absolute Gasteiger partial charge is 0.336 e. The fourth-order valence-electron chi connectivity index (χ4n) is 3.54. The Bertz CT molecular complexity index is 1160. The molecule has 2 heterocycles. The summed E-state index contributed by atoms with van der Waals surface area (Å²) in [5.41, 5.74) is 3.08. The number of nitrogens with zero attached hydrogens (tertiary/aromatic N) is 1. The number of benzene rings is 2. The van der Waals surface area contributed by atoms with E-state index in [-0.39, 0.29) is 11.4 Å². The summed E-state index contributed by atoms with van der Waals surface area (Å²) in [5, 5.41) is 11.1. The third kappa shape index (κ3) is 4.41. The number of furan rings is 1. The number of hydrogen-bond acceptors (Lipinski definition) is 5. The Balaban J connectivity index is 1.70.